The van der Waals surface area contributed by atoms with Crippen LogP contribution < -0.4 is 14.8 Å². The van der Waals surface area contributed by atoms with Gasteiger partial charge in [0.05, 0.1) is 11.6 Å². The van der Waals surface area contributed by atoms with Gasteiger partial charge in [0.25, 0.3) is 0 Å². The Morgan fingerprint density at radius 1 is 1.10 bits per heavy atom. The Balaban J connectivity index is 1.12. The third-order valence-electron chi connectivity index (χ3n) is 8.15. The van der Waals surface area contributed by atoms with Crippen LogP contribution in [0.4, 0.5) is 0 Å². The van der Waals surface area contributed by atoms with Crippen molar-refractivity contribution in [3.05, 3.63) is 65.4 Å². The Bertz CT molecular complexity index is 1580. The molecule has 10 heteroatoms. The van der Waals surface area contributed by atoms with Crippen molar-refractivity contribution >= 4 is 28.7 Å². The number of hydrogen-bond acceptors (Lipinski definition) is 7. The van der Waals surface area contributed by atoms with Crippen LogP contribution in [0.25, 0.3) is 22.6 Å². The van der Waals surface area contributed by atoms with Crippen molar-refractivity contribution in [3.8, 4) is 23.0 Å². The fraction of sp³-hybridized carbons (Fsp3) is 0.400. The first kappa shape index (κ1) is 25.3. The molecule has 1 saturated carbocycles. The third kappa shape index (κ3) is 4.88. The lowest BCUT2D eigenvalue weighted by Crippen LogP contribution is -2.58. The van der Waals surface area contributed by atoms with Crippen LogP contribution in [0, 0.1) is 5.41 Å². The first-order chi connectivity index (χ1) is 19.4. The molecule has 0 unspecified atom stereocenters. The number of ether oxygens (including phenoxy) is 2. The number of aromatic nitrogens is 4. The van der Waals surface area contributed by atoms with Gasteiger partial charge in [-0.2, -0.15) is 4.98 Å². The Kier molecular flexibility index (Phi) is 6.16. The molecule has 3 aliphatic rings. The summed E-state index contributed by atoms with van der Waals surface area (Å²) >= 11 is 6.85. The smallest absolute Gasteiger partial charge is 0.245 e. The van der Waals surface area contributed by atoms with Gasteiger partial charge in [0.2, 0.25) is 11.8 Å². The average molecular weight is 559 g/mol. The number of hydrogen-bond donors (Lipinski definition) is 1. The zero-order chi connectivity index (χ0) is 27.3. The van der Waals surface area contributed by atoms with E-state index in [2.05, 4.69) is 43.8 Å². The number of fused-ring (bicyclic) bond motifs is 1. The predicted molar refractivity (Wildman–Crippen MR) is 152 cm³/mol. The van der Waals surface area contributed by atoms with Crippen molar-refractivity contribution in [1.29, 1.82) is 0 Å². The minimum atomic E-state index is -0.191. The van der Waals surface area contributed by atoms with Crippen LogP contribution in [-0.2, 0) is 11.3 Å². The van der Waals surface area contributed by atoms with Crippen LogP contribution in [0.15, 0.2) is 54.9 Å². The molecule has 4 aromatic rings. The lowest BCUT2D eigenvalue weighted by molar-refractivity contribution is -0.120. The molecule has 1 spiro atoms. The zero-order valence-electron chi connectivity index (χ0n) is 22.4. The number of carbonyl (C=O) groups is 1. The number of nitrogens with one attached hydrogen (secondary N) is 1. The van der Waals surface area contributed by atoms with Gasteiger partial charge in [-0.3, -0.25) is 9.69 Å². The SMILES string of the molecule is CC1(Oc2ncnc3c2nc(-c2ccc(OCCN4CC5(CNC(=O)C5)C4)cc2Cl)n3Cc2ccccc2)CC1. The normalized spacial score (nSPS) is 19.0. The Morgan fingerprint density at radius 3 is 2.65 bits per heavy atom. The molecule has 0 radical (unpaired) electrons. The molecular weight excluding hydrogens is 528 g/mol. The van der Waals surface area contributed by atoms with Crippen LogP contribution in [-0.4, -0.2) is 68.7 Å². The number of rotatable bonds is 9. The van der Waals surface area contributed by atoms with Crippen LogP contribution in [0.1, 0.15) is 31.7 Å². The third-order valence-corrected chi connectivity index (χ3v) is 8.46. The predicted octanol–water partition coefficient (Wildman–Crippen LogP) is 4.33. The molecule has 1 N–H and O–H groups in total. The van der Waals surface area contributed by atoms with Gasteiger partial charge in [-0.15, -0.1) is 0 Å². The number of benzene rings is 2. The van der Waals surface area contributed by atoms with E-state index in [0.29, 0.717) is 53.2 Å². The van der Waals surface area contributed by atoms with Crippen molar-refractivity contribution in [1.82, 2.24) is 29.7 Å². The molecule has 9 nitrogen and oxygen atoms in total. The standard InChI is InChI=1S/C30H31ClN6O3/c1-29(9-10-29)40-28-25-27(33-19-34-28)37(15-20-5-3-2-4-6-20)26(35-25)22-8-7-21(13-23(22)31)39-12-11-36-17-30(18-36)14-24(38)32-16-30/h2-8,13,19H,9-12,14-18H2,1H3,(H,32,38). The van der Waals surface area contributed by atoms with E-state index in [0.717, 1.165) is 50.1 Å². The van der Waals surface area contributed by atoms with Crippen molar-refractivity contribution in [2.24, 2.45) is 5.41 Å². The number of imidazole rings is 1. The van der Waals surface area contributed by atoms with Gasteiger partial charge >= 0.3 is 0 Å². The second-order valence-corrected chi connectivity index (χ2v) is 12.0. The highest BCUT2D eigenvalue weighted by atomic mass is 35.5. The van der Waals surface area contributed by atoms with Gasteiger partial charge in [0.1, 0.15) is 30.1 Å². The molecule has 2 saturated heterocycles. The summed E-state index contributed by atoms with van der Waals surface area (Å²) in [4.78, 5) is 27.9. The molecule has 2 aliphatic heterocycles. The monoisotopic (exact) mass is 558 g/mol. The van der Waals surface area contributed by atoms with Crippen molar-refractivity contribution in [3.63, 3.8) is 0 Å². The summed E-state index contributed by atoms with van der Waals surface area (Å²) in [6.07, 6.45) is 4.17. The fourth-order valence-electron chi connectivity index (χ4n) is 5.72. The molecule has 0 atom stereocenters. The number of likely N-dealkylation sites (tertiary alicyclic amines) is 1. The molecule has 2 aromatic heterocycles. The number of nitrogens with zero attached hydrogens (tertiary/aromatic N) is 5. The van der Waals surface area contributed by atoms with Crippen molar-refractivity contribution < 1.29 is 14.3 Å². The quantitative estimate of drug-likeness (QED) is 0.327. The molecule has 1 aliphatic carbocycles. The number of amides is 1. The summed E-state index contributed by atoms with van der Waals surface area (Å²) < 4.78 is 14.4. The topological polar surface area (TPSA) is 94.4 Å². The molecule has 206 valence electrons. The van der Waals surface area contributed by atoms with Crippen LogP contribution in [0.3, 0.4) is 0 Å². The second kappa shape index (κ2) is 9.74. The Labute approximate surface area is 237 Å². The number of halogens is 1. The van der Waals surface area contributed by atoms with Crippen molar-refractivity contribution in [2.75, 3.05) is 32.8 Å². The first-order valence-corrected chi connectivity index (χ1v) is 14.1. The van der Waals surface area contributed by atoms with Gasteiger partial charge in [0.15, 0.2) is 11.2 Å². The van der Waals surface area contributed by atoms with E-state index >= 15 is 0 Å². The van der Waals surface area contributed by atoms with Crippen LogP contribution in [0.2, 0.25) is 5.02 Å². The molecule has 0 bridgehead atoms. The summed E-state index contributed by atoms with van der Waals surface area (Å²) in [5, 5.41) is 3.49. The van der Waals surface area contributed by atoms with Gasteiger partial charge < -0.3 is 19.4 Å². The molecule has 7 rings (SSSR count). The molecular formula is C30H31ClN6O3. The number of carbonyl (C=O) groups excluding carboxylic acids is 1. The van der Waals surface area contributed by atoms with E-state index in [-0.39, 0.29) is 16.9 Å². The molecule has 2 aromatic carbocycles. The molecule has 4 heterocycles. The highest BCUT2D eigenvalue weighted by Gasteiger charge is 2.47. The maximum atomic E-state index is 11.6. The molecule has 40 heavy (non-hydrogen) atoms. The summed E-state index contributed by atoms with van der Waals surface area (Å²) in [6, 6.07) is 15.9. The van der Waals surface area contributed by atoms with E-state index in [1.807, 2.05) is 36.4 Å². The summed E-state index contributed by atoms with van der Waals surface area (Å²) in [5.74, 6) is 2.07. The highest BCUT2D eigenvalue weighted by Crippen LogP contribution is 2.41. The minimum Gasteiger partial charge on any atom is -0.492 e. The first-order valence-electron chi connectivity index (χ1n) is 13.7. The molecule has 3 fully saturated rings. The van der Waals surface area contributed by atoms with Gasteiger partial charge in [0, 0.05) is 43.6 Å². The second-order valence-electron chi connectivity index (χ2n) is 11.6. The largest absolute Gasteiger partial charge is 0.492 e. The lowest BCUT2D eigenvalue weighted by Gasteiger charge is -2.47. The fourth-order valence-corrected chi connectivity index (χ4v) is 5.97. The highest BCUT2D eigenvalue weighted by molar-refractivity contribution is 6.33. The van der Waals surface area contributed by atoms with E-state index < -0.39 is 0 Å². The zero-order valence-corrected chi connectivity index (χ0v) is 23.2. The van der Waals surface area contributed by atoms with Gasteiger partial charge in [-0.05, 0) is 43.5 Å². The van der Waals surface area contributed by atoms with E-state index in [1.165, 1.54) is 6.33 Å². The Hall–Kier alpha value is -3.69. The van der Waals surface area contributed by atoms with E-state index in [4.69, 9.17) is 26.1 Å². The van der Waals surface area contributed by atoms with Crippen LogP contribution >= 0.6 is 11.6 Å². The molecule has 1 amide bonds. The van der Waals surface area contributed by atoms with Gasteiger partial charge in [-0.1, -0.05) is 41.9 Å². The van der Waals surface area contributed by atoms with Crippen molar-refractivity contribution in [2.45, 2.75) is 38.3 Å². The maximum Gasteiger partial charge on any atom is 0.245 e. The van der Waals surface area contributed by atoms with Crippen LogP contribution in [0.5, 0.6) is 11.6 Å². The summed E-state index contributed by atoms with van der Waals surface area (Å²) in [6.45, 7) is 6.67. The summed E-state index contributed by atoms with van der Waals surface area (Å²) in [7, 11) is 0. The Morgan fingerprint density at radius 2 is 1.93 bits per heavy atom. The lowest BCUT2D eigenvalue weighted by atomic mass is 9.79. The average Bonchev–Trinajstić information content (AvgIpc) is 3.34. The van der Waals surface area contributed by atoms with Gasteiger partial charge in [-0.25, -0.2) is 9.97 Å². The van der Waals surface area contributed by atoms with E-state index in [1.54, 1.807) is 0 Å². The van der Waals surface area contributed by atoms with E-state index in [9.17, 15) is 4.79 Å². The summed E-state index contributed by atoms with van der Waals surface area (Å²) in [5.41, 5.74) is 3.18. The minimum absolute atomic E-state index is 0.124. The maximum absolute atomic E-state index is 11.6.